The predicted octanol–water partition coefficient (Wildman–Crippen LogP) is 2.93. The molecular weight excluding hydrogens is 279 g/mol. The van der Waals surface area contributed by atoms with Crippen LogP contribution in [0.2, 0.25) is 5.02 Å². The van der Waals surface area contributed by atoms with E-state index in [-0.39, 0.29) is 5.02 Å². The number of alkyl halides is 3. The quantitative estimate of drug-likeness (QED) is 0.911. The van der Waals surface area contributed by atoms with Crippen LogP contribution in [0.25, 0.3) is 0 Å². The molecule has 1 fully saturated rings. The Morgan fingerprint density at radius 1 is 1.37 bits per heavy atom. The van der Waals surface area contributed by atoms with Crippen LogP contribution in [0.15, 0.2) is 12.3 Å². The Morgan fingerprint density at radius 2 is 2.00 bits per heavy atom. The van der Waals surface area contributed by atoms with Crippen molar-refractivity contribution in [3.05, 3.63) is 22.8 Å². The molecule has 0 atom stereocenters. The fourth-order valence-electron chi connectivity index (χ4n) is 2.20. The van der Waals surface area contributed by atoms with Crippen LogP contribution in [-0.2, 0) is 6.18 Å². The monoisotopic (exact) mass is 293 g/mol. The van der Waals surface area contributed by atoms with Crippen molar-refractivity contribution in [2.45, 2.75) is 19.0 Å². The maximum absolute atomic E-state index is 12.5. The summed E-state index contributed by atoms with van der Waals surface area (Å²) in [4.78, 5) is 5.77. The van der Waals surface area contributed by atoms with Gasteiger partial charge in [-0.25, -0.2) is 4.98 Å². The lowest BCUT2D eigenvalue weighted by Crippen LogP contribution is -2.36. The van der Waals surface area contributed by atoms with Crippen molar-refractivity contribution in [1.82, 2.24) is 4.98 Å². The predicted molar refractivity (Wildman–Crippen MR) is 68.2 cm³/mol. The minimum atomic E-state index is -4.41. The first-order chi connectivity index (χ1) is 8.91. The first-order valence-electron chi connectivity index (χ1n) is 6.09. The van der Waals surface area contributed by atoms with Crippen molar-refractivity contribution in [2.75, 3.05) is 24.5 Å². The smallest absolute Gasteiger partial charge is 0.355 e. The molecule has 0 radical (unpaired) electrons. The van der Waals surface area contributed by atoms with Gasteiger partial charge in [0.05, 0.1) is 10.6 Å². The molecule has 2 N–H and O–H groups in total. The van der Waals surface area contributed by atoms with Crippen LogP contribution in [0, 0.1) is 5.92 Å². The van der Waals surface area contributed by atoms with Crippen molar-refractivity contribution < 1.29 is 13.2 Å². The highest BCUT2D eigenvalue weighted by atomic mass is 35.5. The SMILES string of the molecule is NCC1CCN(c2ncc(C(F)(F)F)cc2Cl)CC1. The number of halogens is 4. The number of hydrogen-bond acceptors (Lipinski definition) is 3. The van der Waals surface area contributed by atoms with Gasteiger partial charge in [-0.05, 0) is 31.4 Å². The highest BCUT2D eigenvalue weighted by Gasteiger charge is 2.32. The van der Waals surface area contributed by atoms with Gasteiger partial charge in [-0.2, -0.15) is 13.2 Å². The molecule has 0 bridgehead atoms. The Hall–Kier alpha value is -1.01. The molecule has 1 aromatic rings. The zero-order valence-corrected chi connectivity index (χ0v) is 11.0. The van der Waals surface area contributed by atoms with Crippen molar-refractivity contribution in [3.63, 3.8) is 0 Å². The van der Waals surface area contributed by atoms with Crippen molar-refractivity contribution >= 4 is 17.4 Å². The van der Waals surface area contributed by atoms with Gasteiger partial charge in [0.1, 0.15) is 5.82 Å². The van der Waals surface area contributed by atoms with Crippen LogP contribution in [0.3, 0.4) is 0 Å². The Morgan fingerprint density at radius 3 is 2.47 bits per heavy atom. The number of aromatic nitrogens is 1. The second kappa shape index (κ2) is 5.54. The number of rotatable bonds is 2. The molecule has 0 aromatic carbocycles. The van der Waals surface area contributed by atoms with Gasteiger partial charge >= 0.3 is 6.18 Å². The number of anilines is 1. The summed E-state index contributed by atoms with van der Waals surface area (Å²) in [6.07, 6.45) is -1.76. The van der Waals surface area contributed by atoms with E-state index >= 15 is 0 Å². The van der Waals surface area contributed by atoms with E-state index in [0.717, 1.165) is 38.2 Å². The largest absolute Gasteiger partial charge is 0.417 e. The van der Waals surface area contributed by atoms with Crippen LogP contribution < -0.4 is 10.6 Å². The molecule has 7 heteroatoms. The first-order valence-corrected chi connectivity index (χ1v) is 6.47. The Bertz CT molecular complexity index is 442. The molecule has 0 spiro atoms. The van der Waals surface area contributed by atoms with E-state index < -0.39 is 11.7 Å². The van der Waals surface area contributed by atoms with E-state index in [9.17, 15) is 13.2 Å². The second-order valence-electron chi connectivity index (χ2n) is 4.69. The van der Waals surface area contributed by atoms with Crippen LogP contribution in [0.4, 0.5) is 19.0 Å². The highest BCUT2D eigenvalue weighted by molar-refractivity contribution is 6.33. The van der Waals surface area contributed by atoms with E-state index in [4.69, 9.17) is 17.3 Å². The van der Waals surface area contributed by atoms with E-state index in [1.807, 2.05) is 4.90 Å². The molecule has 106 valence electrons. The number of hydrogen-bond donors (Lipinski definition) is 1. The third-order valence-electron chi connectivity index (χ3n) is 3.40. The van der Waals surface area contributed by atoms with Gasteiger partial charge in [0.15, 0.2) is 0 Å². The molecule has 0 saturated carbocycles. The van der Waals surface area contributed by atoms with Crippen LogP contribution in [-0.4, -0.2) is 24.6 Å². The number of nitrogens with two attached hydrogens (primary N) is 1. The average Bonchev–Trinajstić information content (AvgIpc) is 2.38. The standard InChI is InChI=1S/C12H15ClF3N3/c13-10-5-9(12(14,15)16)7-18-11(10)19-3-1-8(6-17)2-4-19/h5,7-8H,1-4,6,17H2. The Labute approximate surface area is 114 Å². The van der Waals surface area contributed by atoms with Crippen molar-refractivity contribution in [1.29, 1.82) is 0 Å². The van der Waals surface area contributed by atoms with Crippen molar-refractivity contribution in [2.24, 2.45) is 11.7 Å². The molecule has 2 rings (SSSR count). The maximum Gasteiger partial charge on any atom is 0.417 e. The summed E-state index contributed by atoms with van der Waals surface area (Å²) in [6.45, 7) is 2.09. The van der Waals surface area contributed by atoms with Crippen molar-refractivity contribution in [3.8, 4) is 0 Å². The second-order valence-corrected chi connectivity index (χ2v) is 5.10. The Kier molecular flexibility index (Phi) is 4.20. The molecule has 2 heterocycles. The third-order valence-corrected chi connectivity index (χ3v) is 3.67. The summed E-state index contributed by atoms with van der Waals surface area (Å²) >= 11 is 5.91. The molecule has 1 aromatic heterocycles. The molecule has 1 aliphatic heterocycles. The summed E-state index contributed by atoms with van der Waals surface area (Å²) in [5.74, 6) is 0.898. The Balaban J connectivity index is 2.14. The van der Waals surface area contributed by atoms with Gasteiger partial charge in [0, 0.05) is 19.3 Å². The molecule has 0 aliphatic carbocycles. The molecular formula is C12H15ClF3N3. The van der Waals surface area contributed by atoms with E-state index in [0.29, 0.717) is 18.3 Å². The highest BCUT2D eigenvalue weighted by Crippen LogP contribution is 2.34. The molecule has 3 nitrogen and oxygen atoms in total. The fraction of sp³-hybridized carbons (Fsp3) is 0.583. The lowest BCUT2D eigenvalue weighted by Gasteiger charge is -2.32. The summed E-state index contributed by atoms with van der Waals surface area (Å²) in [6, 6.07) is 0.929. The lowest BCUT2D eigenvalue weighted by molar-refractivity contribution is -0.137. The molecule has 0 unspecified atom stereocenters. The minimum Gasteiger partial charge on any atom is -0.355 e. The van der Waals surface area contributed by atoms with Gasteiger partial charge < -0.3 is 10.6 Å². The third kappa shape index (κ3) is 3.30. The van der Waals surface area contributed by atoms with Crippen LogP contribution in [0.5, 0.6) is 0 Å². The van der Waals surface area contributed by atoms with E-state index in [1.54, 1.807) is 0 Å². The molecule has 1 aliphatic rings. The topological polar surface area (TPSA) is 42.1 Å². The number of pyridine rings is 1. The zero-order chi connectivity index (χ0) is 14.0. The maximum atomic E-state index is 12.5. The van der Waals surface area contributed by atoms with Crippen LogP contribution >= 0.6 is 11.6 Å². The summed E-state index contributed by atoms with van der Waals surface area (Å²) < 4.78 is 37.5. The number of nitrogens with zero attached hydrogens (tertiary/aromatic N) is 2. The molecule has 1 saturated heterocycles. The lowest BCUT2D eigenvalue weighted by atomic mass is 9.97. The van der Waals surface area contributed by atoms with Gasteiger partial charge in [-0.1, -0.05) is 11.6 Å². The minimum absolute atomic E-state index is 0.0426. The summed E-state index contributed by atoms with van der Waals surface area (Å²) in [7, 11) is 0. The van der Waals surface area contributed by atoms with Gasteiger partial charge in [-0.15, -0.1) is 0 Å². The number of piperidine rings is 1. The van der Waals surface area contributed by atoms with Gasteiger partial charge in [0.2, 0.25) is 0 Å². The average molecular weight is 294 g/mol. The summed E-state index contributed by atoms with van der Waals surface area (Å²) in [5, 5.41) is 0.0426. The van der Waals surface area contributed by atoms with Crippen LogP contribution in [0.1, 0.15) is 18.4 Å². The molecule has 0 amide bonds. The van der Waals surface area contributed by atoms with E-state index in [2.05, 4.69) is 4.98 Å². The summed E-state index contributed by atoms with van der Waals surface area (Å²) in [5.41, 5.74) is 4.78. The van der Waals surface area contributed by atoms with Gasteiger partial charge in [0.25, 0.3) is 0 Å². The fourth-order valence-corrected chi connectivity index (χ4v) is 2.48. The van der Waals surface area contributed by atoms with E-state index in [1.165, 1.54) is 0 Å². The first kappa shape index (κ1) is 14.4. The zero-order valence-electron chi connectivity index (χ0n) is 10.3. The van der Waals surface area contributed by atoms with Gasteiger partial charge in [-0.3, -0.25) is 0 Å². The normalized spacial score (nSPS) is 17.8. The molecule has 19 heavy (non-hydrogen) atoms.